The van der Waals surface area contributed by atoms with Crippen molar-refractivity contribution in [3.63, 3.8) is 0 Å². The number of nitrogens with zero attached hydrogens (tertiary/aromatic N) is 3. The predicted molar refractivity (Wildman–Crippen MR) is 98.1 cm³/mol. The normalized spacial score (nSPS) is 12.2. The summed E-state index contributed by atoms with van der Waals surface area (Å²) < 4.78 is 85.8. The number of sulfonamides is 1. The van der Waals surface area contributed by atoms with Crippen molar-refractivity contribution in [1.29, 1.82) is 0 Å². The van der Waals surface area contributed by atoms with E-state index in [-0.39, 0.29) is 33.3 Å². The minimum absolute atomic E-state index is 0.0125. The molecule has 0 saturated heterocycles. The van der Waals surface area contributed by atoms with Crippen LogP contribution in [0, 0.1) is 0 Å². The lowest BCUT2D eigenvalue weighted by atomic mass is 10.2. The van der Waals surface area contributed by atoms with Gasteiger partial charge in [-0.2, -0.15) is 13.8 Å². The molecular weight excluding hydrogens is 456 g/mol. The maximum absolute atomic E-state index is 12.9. The van der Waals surface area contributed by atoms with Crippen LogP contribution in [0.3, 0.4) is 0 Å². The molecule has 0 aliphatic rings. The van der Waals surface area contributed by atoms with Gasteiger partial charge in [0.15, 0.2) is 5.75 Å². The van der Waals surface area contributed by atoms with Gasteiger partial charge >= 0.3 is 6.61 Å². The zero-order chi connectivity index (χ0) is 22.2. The molecule has 0 saturated carbocycles. The van der Waals surface area contributed by atoms with E-state index in [2.05, 4.69) is 14.7 Å². The minimum Gasteiger partial charge on any atom is -0.481 e. The molecule has 162 valence electrons. The van der Waals surface area contributed by atoms with E-state index in [1.54, 1.807) is 0 Å². The van der Waals surface area contributed by atoms with Crippen LogP contribution in [0.1, 0.15) is 5.56 Å². The number of hydrogen-bond donors (Lipinski definition) is 1. The largest absolute Gasteiger partial charge is 0.481 e. The number of ether oxygens (including phenoxy) is 2. The molecule has 0 unspecified atom stereocenters. The van der Waals surface area contributed by atoms with Crippen LogP contribution in [0.25, 0.3) is 16.9 Å². The van der Waals surface area contributed by atoms with E-state index in [1.807, 2.05) is 0 Å². The van der Waals surface area contributed by atoms with Crippen LogP contribution in [0.15, 0.2) is 29.4 Å². The number of rotatable bonds is 7. The van der Waals surface area contributed by atoms with Crippen LogP contribution >= 0.6 is 11.6 Å². The molecule has 0 atom stereocenters. The van der Waals surface area contributed by atoms with Gasteiger partial charge in [-0.25, -0.2) is 27.3 Å². The van der Waals surface area contributed by atoms with Crippen LogP contribution in [-0.4, -0.2) is 43.1 Å². The Bertz CT molecular complexity index is 1200. The highest BCUT2D eigenvalue weighted by atomic mass is 35.5. The molecule has 1 aromatic carbocycles. The molecule has 0 amide bonds. The fourth-order valence-electron chi connectivity index (χ4n) is 2.80. The highest BCUT2D eigenvalue weighted by Crippen LogP contribution is 2.39. The lowest BCUT2D eigenvalue weighted by Gasteiger charge is -2.13. The first-order valence-corrected chi connectivity index (χ1v) is 9.95. The van der Waals surface area contributed by atoms with Gasteiger partial charge in [0.2, 0.25) is 28.3 Å². The average molecular weight is 469 g/mol. The van der Waals surface area contributed by atoms with Crippen LogP contribution < -0.4 is 14.6 Å². The van der Waals surface area contributed by atoms with Crippen LogP contribution in [0.5, 0.6) is 11.6 Å². The molecule has 2 N–H and O–H groups in total. The van der Waals surface area contributed by atoms with E-state index < -0.39 is 40.1 Å². The standard InChI is InChI=1S/C16H13ClF4N4O4S/c1-28-14-7(4-11(18)19)5-23-16(24-14)25-6-10(30(22,26)27)8-2-3-9(17)13(12(8)25)29-15(20)21/h2-3,5-6,11,15H,4H2,1H3,(H2,22,26,27). The van der Waals surface area contributed by atoms with Crippen molar-refractivity contribution < 1.29 is 35.5 Å². The number of methoxy groups -OCH3 is 1. The molecule has 0 aliphatic carbocycles. The van der Waals surface area contributed by atoms with E-state index in [0.29, 0.717) is 0 Å². The van der Waals surface area contributed by atoms with E-state index in [1.165, 1.54) is 13.2 Å². The van der Waals surface area contributed by atoms with Gasteiger partial charge in [0.05, 0.1) is 12.1 Å². The number of hydrogen-bond acceptors (Lipinski definition) is 6. The molecule has 0 radical (unpaired) electrons. The summed E-state index contributed by atoms with van der Waals surface area (Å²) in [6, 6.07) is 2.41. The Morgan fingerprint density at radius 2 is 1.97 bits per heavy atom. The van der Waals surface area contributed by atoms with Gasteiger partial charge in [0, 0.05) is 29.8 Å². The number of primary sulfonamides is 1. The third kappa shape index (κ3) is 4.27. The van der Waals surface area contributed by atoms with Crippen molar-refractivity contribution in [3.05, 3.63) is 35.1 Å². The Morgan fingerprint density at radius 1 is 1.27 bits per heavy atom. The molecule has 3 aromatic rings. The molecule has 30 heavy (non-hydrogen) atoms. The summed E-state index contributed by atoms with van der Waals surface area (Å²) in [6.45, 7) is -3.28. The van der Waals surface area contributed by atoms with Crippen LogP contribution in [0.2, 0.25) is 5.02 Å². The molecule has 3 rings (SSSR count). The first-order valence-electron chi connectivity index (χ1n) is 8.02. The molecule has 0 spiro atoms. The smallest absolute Gasteiger partial charge is 0.387 e. The Kier molecular flexibility index (Phi) is 6.06. The lowest BCUT2D eigenvalue weighted by molar-refractivity contribution is -0.0489. The third-order valence-corrected chi connectivity index (χ3v) is 5.18. The van der Waals surface area contributed by atoms with Gasteiger partial charge in [0.25, 0.3) is 0 Å². The highest BCUT2D eigenvalue weighted by molar-refractivity contribution is 7.89. The maximum Gasteiger partial charge on any atom is 0.387 e. The molecule has 0 bridgehead atoms. The predicted octanol–water partition coefficient (Wildman–Crippen LogP) is 3.14. The van der Waals surface area contributed by atoms with Crippen LogP contribution in [-0.2, 0) is 16.4 Å². The SMILES string of the molecule is COc1nc(-n2cc(S(N)(=O)=O)c3ccc(Cl)c(OC(F)F)c32)ncc1CC(F)F. The zero-order valence-electron chi connectivity index (χ0n) is 15.0. The van der Waals surface area contributed by atoms with E-state index in [0.717, 1.165) is 23.0 Å². The molecular formula is C16H13ClF4N4O4S. The maximum atomic E-state index is 12.9. The van der Waals surface area contributed by atoms with E-state index in [4.69, 9.17) is 21.5 Å². The molecule has 0 fully saturated rings. The first kappa shape index (κ1) is 22.1. The fraction of sp³-hybridized carbons (Fsp3) is 0.250. The van der Waals surface area contributed by atoms with Crippen molar-refractivity contribution in [2.24, 2.45) is 5.14 Å². The van der Waals surface area contributed by atoms with Gasteiger partial charge in [-0.05, 0) is 12.1 Å². The zero-order valence-corrected chi connectivity index (χ0v) is 16.6. The molecule has 2 aromatic heterocycles. The van der Waals surface area contributed by atoms with Gasteiger partial charge in [0.1, 0.15) is 10.4 Å². The van der Waals surface area contributed by atoms with Crippen molar-refractivity contribution >= 4 is 32.5 Å². The van der Waals surface area contributed by atoms with Gasteiger partial charge < -0.3 is 9.47 Å². The molecule has 0 aliphatic heterocycles. The van der Waals surface area contributed by atoms with Crippen molar-refractivity contribution in [2.45, 2.75) is 24.4 Å². The Balaban J connectivity index is 2.34. The molecule has 2 heterocycles. The highest BCUT2D eigenvalue weighted by Gasteiger charge is 2.25. The number of aromatic nitrogens is 3. The Morgan fingerprint density at radius 3 is 2.53 bits per heavy atom. The monoisotopic (exact) mass is 468 g/mol. The lowest BCUT2D eigenvalue weighted by Crippen LogP contribution is -2.11. The van der Waals surface area contributed by atoms with Gasteiger partial charge in [-0.15, -0.1) is 0 Å². The van der Waals surface area contributed by atoms with Gasteiger partial charge in [-0.1, -0.05) is 11.6 Å². The fourth-order valence-corrected chi connectivity index (χ4v) is 3.72. The van der Waals surface area contributed by atoms with E-state index >= 15 is 0 Å². The van der Waals surface area contributed by atoms with Crippen molar-refractivity contribution in [2.75, 3.05) is 7.11 Å². The van der Waals surface area contributed by atoms with Gasteiger partial charge in [-0.3, -0.25) is 4.57 Å². The van der Waals surface area contributed by atoms with E-state index in [9.17, 15) is 26.0 Å². The minimum atomic E-state index is -4.31. The average Bonchev–Trinajstić information content (AvgIpc) is 3.04. The van der Waals surface area contributed by atoms with Crippen molar-refractivity contribution in [3.8, 4) is 17.6 Å². The number of fused-ring (bicyclic) bond motifs is 1. The summed E-state index contributed by atoms with van der Waals surface area (Å²) in [5, 5.41) is 4.89. The number of halogens is 5. The third-order valence-electron chi connectivity index (χ3n) is 3.94. The quantitative estimate of drug-likeness (QED) is 0.533. The summed E-state index contributed by atoms with van der Waals surface area (Å²) >= 11 is 5.97. The molecule has 8 nitrogen and oxygen atoms in total. The Labute approximate surface area is 172 Å². The second-order valence-corrected chi connectivity index (χ2v) is 7.80. The van der Waals surface area contributed by atoms with Crippen molar-refractivity contribution in [1.82, 2.24) is 14.5 Å². The number of nitrogens with two attached hydrogens (primary N) is 1. The molecule has 14 heteroatoms. The summed E-state index contributed by atoms with van der Waals surface area (Å²) in [4.78, 5) is 7.47. The summed E-state index contributed by atoms with van der Waals surface area (Å²) in [7, 11) is -3.12. The summed E-state index contributed by atoms with van der Waals surface area (Å²) in [6.07, 6.45) is -1.35. The summed E-state index contributed by atoms with van der Waals surface area (Å²) in [5.74, 6) is -1.03. The topological polar surface area (TPSA) is 109 Å². The second-order valence-electron chi connectivity index (χ2n) is 5.86. The van der Waals surface area contributed by atoms with Crippen LogP contribution in [0.4, 0.5) is 17.6 Å². The number of alkyl halides is 4. The summed E-state index contributed by atoms with van der Waals surface area (Å²) in [5.41, 5.74) is -0.225. The Hall–Kier alpha value is -2.64. The number of benzene rings is 1. The second kappa shape index (κ2) is 8.24. The first-order chi connectivity index (χ1) is 14.0.